The second kappa shape index (κ2) is 10.1. The topological polar surface area (TPSA) is 6.48 Å². The molecule has 0 N–H and O–H groups in total. The second-order valence-corrected chi connectivity index (χ2v) is 9.72. The van der Waals surface area contributed by atoms with Gasteiger partial charge in [0.2, 0.25) is 0 Å². The number of piperazine rings is 1. The van der Waals surface area contributed by atoms with Gasteiger partial charge in [-0.15, -0.1) is 0 Å². The highest BCUT2D eigenvalue weighted by atomic mass is 19.1. The Bertz CT molecular complexity index is 1250. The van der Waals surface area contributed by atoms with E-state index in [4.69, 9.17) is 0 Å². The number of allylic oxidation sites excluding steroid dienone is 3. The number of rotatable bonds is 6. The van der Waals surface area contributed by atoms with Gasteiger partial charge in [-0.3, -0.25) is 4.90 Å². The zero-order valence-corrected chi connectivity index (χ0v) is 20.7. The molecular formula is C32H33FN2. The van der Waals surface area contributed by atoms with Crippen LogP contribution in [0.5, 0.6) is 0 Å². The Labute approximate surface area is 208 Å². The Morgan fingerprint density at radius 3 is 2.29 bits per heavy atom. The van der Waals surface area contributed by atoms with E-state index in [1.165, 1.54) is 33.5 Å². The molecule has 35 heavy (non-hydrogen) atoms. The summed E-state index contributed by atoms with van der Waals surface area (Å²) in [7, 11) is 0. The Morgan fingerprint density at radius 2 is 1.57 bits per heavy atom. The van der Waals surface area contributed by atoms with Gasteiger partial charge in [-0.2, -0.15) is 0 Å². The molecule has 0 radical (unpaired) electrons. The Hall–Kier alpha value is -3.43. The molecule has 3 heteroatoms. The van der Waals surface area contributed by atoms with E-state index in [2.05, 4.69) is 91.0 Å². The van der Waals surface area contributed by atoms with Crippen molar-refractivity contribution in [2.45, 2.75) is 39.3 Å². The van der Waals surface area contributed by atoms with Crippen LogP contribution in [0.2, 0.25) is 0 Å². The summed E-state index contributed by atoms with van der Waals surface area (Å²) in [5, 5.41) is 0. The molecule has 0 saturated carbocycles. The summed E-state index contributed by atoms with van der Waals surface area (Å²) in [5.41, 5.74) is 10.1. The van der Waals surface area contributed by atoms with Crippen LogP contribution in [0.15, 0.2) is 108 Å². The van der Waals surface area contributed by atoms with Crippen molar-refractivity contribution in [2.75, 3.05) is 13.1 Å². The first-order valence-corrected chi connectivity index (χ1v) is 12.5. The predicted octanol–water partition coefficient (Wildman–Crippen LogP) is 7.27. The summed E-state index contributed by atoms with van der Waals surface area (Å²) < 4.78 is 13.8. The molecule has 3 aromatic carbocycles. The number of nitrogens with zero attached hydrogens (tertiary/aromatic N) is 2. The van der Waals surface area contributed by atoms with Crippen LogP contribution in [-0.4, -0.2) is 22.9 Å². The number of halogens is 1. The Balaban J connectivity index is 1.44. The van der Waals surface area contributed by atoms with Crippen molar-refractivity contribution in [1.82, 2.24) is 9.80 Å². The van der Waals surface area contributed by atoms with Crippen molar-refractivity contribution in [3.05, 3.63) is 142 Å². The van der Waals surface area contributed by atoms with E-state index in [1.54, 1.807) is 12.1 Å². The lowest BCUT2D eigenvalue weighted by atomic mass is 9.90. The first-order valence-electron chi connectivity index (χ1n) is 12.5. The predicted molar refractivity (Wildman–Crippen MR) is 142 cm³/mol. The SMILES string of the molecule is C=C1C=C2C(c3ccc(F)cc3)N(Cc3c(C)cccc3C)CCN2C=C1CCc1ccccc1. The number of hydrogen-bond donors (Lipinski definition) is 0. The number of fused-ring (bicyclic) bond motifs is 1. The molecule has 1 fully saturated rings. The van der Waals surface area contributed by atoms with Gasteiger partial charge in [0, 0.05) is 31.5 Å². The smallest absolute Gasteiger partial charge is 0.123 e. The van der Waals surface area contributed by atoms with E-state index in [9.17, 15) is 4.39 Å². The summed E-state index contributed by atoms with van der Waals surface area (Å²) in [6, 6.07) is 24.2. The van der Waals surface area contributed by atoms with Crippen LogP contribution in [0.4, 0.5) is 4.39 Å². The summed E-state index contributed by atoms with van der Waals surface area (Å²) in [6.45, 7) is 11.5. The van der Waals surface area contributed by atoms with E-state index in [-0.39, 0.29) is 11.9 Å². The van der Waals surface area contributed by atoms with Crippen LogP contribution in [0.1, 0.15) is 40.3 Å². The number of hydrogen-bond acceptors (Lipinski definition) is 2. The maximum Gasteiger partial charge on any atom is 0.123 e. The molecule has 2 aliphatic heterocycles. The monoisotopic (exact) mass is 464 g/mol. The molecule has 0 bridgehead atoms. The standard InChI is InChI=1S/C32H33FN2/c1-23-8-7-9-24(2)30(23)22-35-19-18-34-21-28(13-12-26-10-5-4-6-11-26)25(3)20-31(34)32(35)27-14-16-29(33)17-15-27/h4-11,14-17,20-21,32H,3,12-13,18-19,22H2,1-2H3. The summed E-state index contributed by atoms with van der Waals surface area (Å²) in [5.74, 6) is -0.201. The van der Waals surface area contributed by atoms with Crippen molar-refractivity contribution in [3.8, 4) is 0 Å². The first-order chi connectivity index (χ1) is 17.0. The van der Waals surface area contributed by atoms with Crippen LogP contribution in [0.25, 0.3) is 0 Å². The van der Waals surface area contributed by atoms with Gasteiger partial charge in [0.05, 0.1) is 6.04 Å². The fourth-order valence-corrected chi connectivity index (χ4v) is 5.33. The average molecular weight is 465 g/mol. The minimum Gasteiger partial charge on any atom is -0.348 e. The van der Waals surface area contributed by atoms with E-state index in [1.807, 2.05) is 12.1 Å². The van der Waals surface area contributed by atoms with E-state index >= 15 is 0 Å². The van der Waals surface area contributed by atoms with Gasteiger partial charge in [0.15, 0.2) is 0 Å². The number of benzene rings is 3. The molecule has 1 saturated heterocycles. The van der Waals surface area contributed by atoms with E-state index < -0.39 is 0 Å². The molecule has 1 unspecified atom stereocenters. The molecule has 0 aromatic heterocycles. The third kappa shape index (κ3) is 5.01. The van der Waals surface area contributed by atoms with Gasteiger partial charge in [0.1, 0.15) is 5.82 Å². The lowest BCUT2D eigenvalue weighted by molar-refractivity contribution is 0.133. The third-order valence-electron chi connectivity index (χ3n) is 7.37. The van der Waals surface area contributed by atoms with Crippen molar-refractivity contribution in [3.63, 3.8) is 0 Å². The van der Waals surface area contributed by atoms with Gasteiger partial charge in [-0.05, 0) is 83.9 Å². The third-order valence-corrected chi connectivity index (χ3v) is 7.37. The second-order valence-electron chi connectivity index (χ2n) is 9.72. The Kier molecular flexibility index (Phi) is 6.70. The Morgan fingerprint density at radius 1 is 0.857 bits per heavy atom. The van der Waals surface area contributed by atoms with Crippen LogP contribution >= 0.6 is 0 Å². The van der Waals surface area contributed by atoms with Crippen LogP contribution in [-0.2, 0) is 13.0 Å². The summed E-state index contributed by atoms with van der Waals surface area (Å²) in [4.78, 5) is 4.92. The fourth-order valence-electron chi connectivity index (χ4n) is 5.33. The summed E-state index contributed by atoms with van der Waals surface area (Å²) in [6.07, 6.45) is 6.53. The maximum atomic E-state index is 13.8. The molecule has 0 spiro atoms. The minimum absolute atomic E-state index is 0.0482. The zero-order valence-electron chi connectivity index (χ0n) is 20.7. The zero-order chi connectivity index (χ0) is 24.4. The molecule has 178 valence electrons. The molecule has 3 aromatic rings. The molecule has 0 aliphatic carbocycles. The molecule has 2 heterocycles. The van der Waals surface area contributed by atoms with Crippen molar-refractivity contribution in [2.24, 2.45) is 0 Å². The molecular weight excluding hydrogens is 431 g/mol. The highest BCUT2D eigenvalue weighted by Gasteiger charge is 2.34. The highest BCUT2D eigenvalue weighted by Crippen LogP contribution is 2.40. The lowest BCUT2D eigenvalue weighted by Crippen LogP contribution is -2.45. The van der Waals surface area contributed by atoms with E-state index in [0.29, 0.717) is 0 Å². The van der Waals surface area contributed by atoms with Crippen molar-refractivity contribution < 1.29 is 4.39 Å². The first kappa shape index (κ1) is 23.3. The molecule has 2 nitrogen and oxygen atoms in total. The summed E-state index contributed by atoms with van der Waals surface area (Å²) >= 11 is 0. The quantitative estimate of drug-likeness (QED) is 0.378. The normalized spacial score (nSPS) is 18.2. The van der Waals surface area contributed by atoms with Crippen molar-refractivity contribution in [1.29, 1.82) is 0 Å². The van der Waals surface area contributed by atoms with Crippen LogP contribution in [0.3, 0.4) is 0 Å². The van der Waals surface area contributed by atoms with Gasteiger partial charge in [0.25, 0.3) is 0 Å². The molecule has 5 rings (SSSR count). The maximum absolute atomic E-state index is 13.8. The molecule has 2 aliphatic rings. The fraction of sp³-hybridized carbons (Fsp3) is 0.250. The van der Waals surface area contributed by atoms with Gasteiger partial charge >= 0.3 is 0 Å². The van der Waals surface area contributed by atoms with Gasteiger partial charge < -0.3 is 4.90 Å². The molecule has 1 atom stereocenters. The largest absolute Gasteiger partial charge is 0.348 e. The van der Waals surface area contributed by atoms with Crippen LogP contribution < -0.4 is 0 Å². The van der Waals surface area contributed by atoms with Crippen molar-refractivity contribution >= 4 is 0 Å². The average Bonchev–Trinajstić information content (AvgIpc) is 2.86. The molecule has 0 amide bonds. The van der Waals surface area contributed by atoms with Crippen LogP contribution in [0, 0.1) is 19.7 Å². The minimum atomic E-state index is -0.201. The van der Waals surface area contributed by atoms with E-state index in [0.717, 1.165) is 43.6 Å². The van der Waals surface area contributed by atoms with Gasteiger partial charge in [-0.25, -0.2) is 4.39 Å². The number of aryl methyl sites for hydroxylation is 3. The van der Waals surface area contributed by atoms with Gasteiger partial charge in [-0.1, -0.05) is 67.2 Å². The lowest BCUT2D eigenvalue weighted by Gasteiger charge is -2.45. The highest BCUT2D eigenvalue weighted by molar-refractivity contribution is 5.47.